The quantitative estimate of drug-likeness (QED) is 0.148. The van der Waals surface area contributed by atoms with Crippen molar-refractivity contribution in [1.29, 1.82) is 0 Å². The predicted molar refractivity (Wildman–Crippen MR) is 193 cm³/mol. The van der Waals surface area contributed by atoms with Gasteiger partial charge in [0, 0.05) is 22.8 Å². The molecule has 3 aromatic carbocycles. The molecule has 52 heavy (non-hydrogen) atoms. The Balaban J connectivity index is 1.21. The van der Waals surface area contributed by atoms with Gasteiger partial charge in [0.05, 0.1) is 10.9 Å². The van der Waals surface area contributed by atoms with Gasteiger partial charge in [-0.05, 0) is 85.3 Å². The lowest BCUT2D eigenvalue weighted by atomic mass is 9.98. The summed E-state index contributed by atoms with van der Waals surface area (Å²) in [5, 5.41) is 8.33. The molecular formula is C36H39ClN6O8S. The maximum atomic E-state index is 13.9. The topological polar surface area (TPSA) is 197 Å². The van der Waals surface area contributed by atoms with Gasteiger partial charge in [-0.25, -0.2) is 22.9 Å². The zero-order chi connectivity index (χ0) is 37.7. The fourth-order valence-electron chi connectivity index (χ4n) is 5.77. The standard InChI is InChI=1S/C36H39ClN6O8S/c1-20(2)29(31(44)34-39-26-8-5-6-10-28(26)51-34)40-33(46)27-9-7-19-43(27)35(47)30(21(3)4)41-32(45)22-11-15-24(16-12-22)38-36(48)42-52(49,50)25-17-13-23(37)14-18-25/h5-6,8,10-18,20-21,27,29-30H,7,9,19H2,1-4H3,(H,40,46)(H,41,45)(H2,38,42,48). The lowest BCUT2D eigenvalue weighted by molar-refractivity contribution is -0.140. The summed E-state index contributed by atoms with van der Waals surface area (Å²) >= 11 is 5.80. The third kappa shape index (κ3) is 8.77. The summed E-state index contributed by atoms with van der Waals surface area (Å²) < 4.78 is 32.6. The highest BCUT2D eigenvalue weighted by molar-refractivity contribution is 7.90. The summed E-state index contributed by atoms with van der Waals surface area (Å²) in [6.07, 6.45) is 0.929. The Hall–Kier alpha value is -5.28. The molecule has 1 aromatic heterocycles. The molecule has 1 fully saturated rings. The zero-order valence-corrected chi connectivity index (χ0v) is 30.5. The van der Waals surface area contributed by atoms with Crippen molar-refractivity contribution in [2.45, 2.75) is 63.6 Å². The van der Waals surface area contributed by atoms with E-state index in [-0.39, 0.29) is 40.4 Å². The highest BCUT2D eigenvalue weighted by Gasteiger charge is 2.40. The minimum absolute atomic E-state index is 0.115. The molecule has 0 bridgehead atoms. The van der Waals surface area contributed by atoms with Crippen LogP contribution in [0.3, 0.4) is 0 Å². The number of para-hydroxylation sites is 2. The van der Waals surface area contributed by atoms with Crippen LogP contribution in [0.5, 0.6) is 0 Å². The summed E-state index contributed by atoms with van der Waals surface area (Å²) in [6.45, 7) is 7.41. The average Bonchev–Trinajstić information content (AvgIpc) is 3.77. The lowest BCUT2D eigenvalue weighted by Crippen LogP contribution is -2.57. The van der Waals surface area contributed by atoms with E-state index in [9.17, 15) is 32.4 Å². The normalized spacial score (nSPS) is 15.7. The molecule has 3 unspecified atom stereocenters. The summed E-state index contributed by atoms with van der Waals surface area (Å²) in [5.74, 6) is -2.75. The molecule has 2 heterocycles. The zero-order valence-electron chi connectivity index (χ0n) is 28.9. The van der Waals surface area contributed by atoms with Crippen LogP contribution in [0.1, 0.15) is 61.6 Å². The average molecular weight is 751 g/mol. The number of carbonyl (C=O) groups excluding carboxylic acids is 5. The van der Waals surface area contributed by atoms with Crippen molar-refractivity contribution < 1.29 is 36.8 Å². The molecule has 1 aliphatic heterocycles. The van der Waals surface area contributed by atoms with Crippen LogP contribution in [0.4, 0.5) is 10.5 Å². The number of hydrogen-bond acceptors (Lipinski definition) is 9. The molecule has 0 saturated carbocycles. The third-order valence-corrected chi connectivity index (χ3v) is 10.2. The Morgan fingerprint density at radius 3 is 2.15 bits per heavy atom. The van der Waals surface area contributed by atoms with Crippen LogP contribution in [0.25, 0.3) is 11.1 Å². The minimum Gasteiger partial charge on any atom is -0.434 e. The Morgan fingerprint density at radius 2 is 1.52 bits per heavy atom. The van der Waals surface area contributed by atoms with Crippen molar-refractivity contribution in [3.05, 3.63) is 89.3 Å². The van der Waals surface area contributed by atoms with Crippen molar-refractivity contribution in [2.75, 3.05) is 11.9 Å². The third-order valence-electron chi connectivity index (χ3n) is 8.57. The SMILES string of the molecule is CC(C)C(NC(=O)C1CCCN1C(=O)C(NC(=O)c1ccc(NC(=O)NS(=O)(=O)c2ccc(Cl)cc2)cc1)C(C)C)C(=O)c1nc2ccccc2o1. The molecule has 274 valence electrons. The molecular weight excluding hydrogens is 712 g/mol. The number of oxazole rings is 1. The van der Waals surface area contributed by atoms with Crippen molar-refractivity contribution >= 4 is 67.9 Å². The smallest absolute Gasteiger partial charge is 0.333 e. The Kier molecular flexibility index (Phi) is 11.6. The summed E-state index contributed by atoms with van der Waals surface area (Å²) in [6, 6.07) is 14.1. The fraction of sp³-hybridized carbons (Fsp3) is 0.333. The van der Waals surface area contributed by atoms with Gasteiger partial charge < -0.3 is 25.3 Å². The number of rotatable bonds is 12. The molecule has 1 saturated heterocycles. The minimum atomic E-state index is -4.16. The number of halogens is 1. The van der Waals surface area contributed by atoms with Crippen LogP contribution in [-0.2, 0) is 19.6 Å². The van der Waals surface area contributed by atoms with Gasteiger partial charge in [-0.3, -0.25) is 19.2 Å². The molecule has 0 spiro atoms. The van der Waals surface area contributed by atoms with E-state index >= 15 is 0 Å². The predicted octanol–water partition coefficient (Wildman–Crippen LogP) is 4.76. The number of benzene rings is 3. The van der Waals surface area contributed by atoms with E-state index in [1.54, 1.807) is 52.0 Å². The molecule has 14 nitrogen and oxygen atoms in total. The second-order valence-electron chi connectivity index (χ2n) is 13.1. The first kappa shape index (κ1) is 38.0. The molecule has 3 atom stereocenters. The number of urea groups is 1. The Labute approximate surface area is 305 Å². The summed E-state index contributed by atoms with van der Waals surface area (Å²) in [5.41, 5.74) is 1.35. The maximum absolute atomic E-state index is 13.9. The number of Topliss-reactive ketones (excluding diaryl/α,β-unsaturated/α-hetero) is 1. The number of carbonyl (C=O) groups is 5. The number of likely N-dealkylation sites (tertiary alicyclic amines) is 1. The van der Waals surface area contributed by atoms with E-state index in [4.69, 9.17) is 16.0 Å². The number of hydrogen-bond donors (Lipinski definition) is 4. The molecule has 4 N–H and O–H groups in total. The van der Waals surface area contributed by atoms with Gasteiger partial charge in [0.2, 0.25) is 17.6 Å². The second-order valence-corrected chi connectivity index (χ2v) is 15.2. The molecule has 5 amide bonds. The Morgan fingerprint density at radius 1 is 0.865 bits per heavy atom. The highest BCUT2D eigenvalue weighted by atomic mass is 35.5. The van der Waals surface area contributed by atoms with Crippen LogP contribution < -0.4 is 20.7 Å². The monoisotopic (exact) mass is 750 g/mol. The number of nitrogens with zero attached hydrogens (tertiary/aromatic N) is 2. The van der Waals surface area contributed by atoms with Gasteiger partial charge in [-0.15, -0.1) is 0 Å². The first-order valence-electron chi connectivity index (χ1n) is 16.7. The number of anilines is 1. The van der Waals surface area contributed by atoms with Crippen molar-refractivity contribution in [1.82, 2.24) is 25.2 Å². The molecule has 16 heteroatoms. The first-order valence-corrected chi connectivity index (χ1v) is 18.5. The second kappa shape index (κ2) is 15.9. The van der Waals surface area contributed by atoms with Crippen LogP contribution >= 0.6 is 11.6 Å². The van der Waals surface area contributed by atoms with Crippen LogP contribution in [0.2, 0.25) is 5.02 Å². The van der Waals surface area contributed by atoms with E-state index in [1.165, 1.54) is 53.4 Å². The van der Waals surface area contributed by atoms with Gasteiger partial charge in [0.1, 0.15) is 17.6 Å². The maximum Gasteiger partial charge on any atom is 0.333 e. The lowest BCUT2D eigenvalue weighted by Gasteiger charge is -2.31. The van der Waals surface area contributed by atoms with Crippen molar-refractivity contribution in [2.24, 2.45) is 11.8 Å². The number of nitrogens with one attached hydrogen (secondary N) is 4. The van der Waals surface area contributed by atoms with Gasteiger partial charge in [-0.2, -0.15) is 0 Å². The first-order chi connectivity index (χ1) is 24.6. The van der Waals surface area contributed by atoms with Gasteiger partial charge in [0.15, 0.2) is 5.58 Å². The van der Waals surface area contributed by atoms with E-state index in [0.717, 1.165) is 0 Å². The van der Waals surface area contributed by atoms with Crippen LogP contribution in [0.15, 0.2) is 82.1 Å². The van der Waals surface area contributed by atoms with E-state index < -0.39 is 57.7 Å². The van der Waals surface area contributed by atoms with Gasteiger partial charge >= 0.3 is 6.03 Å². The van der Waals surface area contributed by atoms with E-state index in [2.05, 4.69) is 20.9 Å². The molecule has 0 aliphatic carbocycles. The molecule has 0 radical (unpaired) electrons. The number of aromatic nitrogens is 1. The summed E-state index contributed by atoms with van der Waals surface area (Å²) in [7, 11) is -4.16. The Bertz CT molecular complexity index is 2050. The fourth-order valence-corrected chi connectivity index (χ4v) is 6.80. The van der Waals surface area contributed by atoms with Crippen molar-refractivity contribution in [3.63, 3.8) is 0 Å². The van der Waals surface area contributed by atoms with Crippen molar-refractivity contribution in [3.8, 4) is 0 Å². The number of sulfonamides is 1. The number of ketones is 1. The van der Waals surface area contributed by atoms with E-state index in [0.29, 0.717) is 29.0 Å². The van der Waals surface area contributed by atoms with Gasteiger partial charge in [-0.1, -0.05) is 51.4 Å². The largest absolute Gasteiger partial charge is 0.434 e. The van der Waals surface area contributed by atoms with E-state index in [1.807, 2.05) is 4.72 Å². The van der Waals surface area contributed by atoms with Crippen LogP contribution in [-0.4, -0.2) is 72.5 Å². The number of amides is 5. The molecule has 5 rings (SSSR count). The molecule has 4 aromatic rings. The summed E-state index contributed by atoms with van der Waals surface area (Å²) in [4.78, 5) is 72.2. The molecule has 1 aliphatic rings. The van der Waals surface area contributed by atoms with Gasteiger partial charge in [0.25, 0.3) is 21.8 Å². The van der Waals surface area contributed by atoms with Crippen LogP contribution in [0, 0.1) is 11.8 Å². The highest BCUT2D eigenvalue weighted by Crippen LogP contribution is 2.23. The number of fused-ring (bicyclic) bond motifs is 1.